The molecule has 3 rings (SSSR count). The monoisotopic (exact) mass is 394 g/mol. The summed E-state index contributed by atoms with van der Waals surface area (Å²) in [4.78, 5) is 14.7. The Morgan fingerprint density at radius 1 is 1.03 bits per heavy atom. The molecule has 5 heteroatoms. The van der Waals surface area contributed by atoms with Gasteiger partial charge in [-0.1, -0.05) is 18.2 Å². The Kier molecular flexibility index (Phi) is 6.49. The van der Waals surface area contributed by atoms with Crippen molar-refractivity contribution in [3.8, 4) is 0 Å². The van der Waals surface area contributed by atoms with E-state index in [2.05, 4.69) is 24.1 Å². The summed E-state index contributed by atoms with van der Waals surface area (Å²) in [5.41, 5.74) is 3.94. The molecule has 1 N–H and O–H groups in total. The first-order valence-electron chi connectivity index (χ1n) is 9.77. The van der Waals surface area contributed by atoms with Crippen molar-refractivity contribution in [1.29, 1.82) is 0 Å². The number of furan rings is 1. The average molecular weight is 394 g/mol. The van der Waals surface area contributed by atoms with Gasteiger partial charge in [0.15, 0.2) is 5.76 Å². The number of nitrogens with one attached hydrogen (secondary N) is 1. The Morgan fingerprint density at radius 2 is 1.83 bits per heavy atom. The van der Waals surface area contributed by atoms with Crippen LogP contribution in [0.5, 0.6) is 0 Å². The van der Waals surface area contributed by atoms with Crippen LogP contribution >= 0.6 is 0 Å². The number of hydrogen-bond acceptors (Lipinski definition) is 3. The number of rotatable bonds is 7. The molecule has 0 radical (unpaired) electrons. The first-order chi connectivity index (χ1) is 13.8. The minimum absolute atomic E-state index is 0.233. The molecule has 3 aromatic rings. The van der Waals surface area contributed by atoms with E-state index in [0.29, 0.717) is 18.8 Å². The highest BCUT2D eigenvalue weighted by molar-refractivity contribution is 6.02. The van der Waals surface area contributed by atoms with Crippen LogP contribution in [-0.2, 0) is 13.1 Å². The lowest BCUT2D eigenvalue weighted by Gasteiger charge is -2.25. The number of hydrogen-bond donors (Lipinski definition) is 1. The molecule has 0 spiro atoms. The van der Waals surface area contributed by atoms with Crippen molar-refractivity contribution in [3.05, 3.63) is 88.6 Å². The maximum atomic E-state index is 13.5. The van der Waals surface area contributed by atoms with E-state index < -0.39 is 0 Å². The molecule has 0 aliphatic heterocycles. The van der Waals surface area contributed by atoms with E-state index in [9.17, 15) is 9.18 Å². The van der Waals surface area contributed by atoms with E-state index in [-0.39, 0.29) is 23.5 Å². The minimum atomic E-state index is -0.277. The topological polar surface area (TPSA) is 45.5 Å². The highest BCUT2D eigenvalue weighted by Crippen LogP contribution is 2.19. The second-order valence-corrected chi connectivity index (χ2v) is 7.65. The number of carbonyl (C=O) groups is 1. The molecule has 0 bridgehead atoms. The summed E-state index contributed by atoms with van der Waals surface area (Å²) in [7, 11) is 0. The third-order valence-corrected chi connectivity index (χ3v) is 5.01. The molecule has 0 atom stereocenters. The van der Waals surface area contributed by atoms with Crippen molar-refractivity contribution in [3.63, 3.8) is 0 Å². The number of halogens is 1. The van der Waals surface area contributed by atoms with Crippen LogP contribution in [0.1, 0.15) is 46.9 Å². The predicted molar refractivity (Wildman–Crippen MR) is 113 cm³/mol. The lowest BCUT2D eigenvalue weighted by Crippen LogP contribution is -2.29. The van der Waals surface area contributed by atoms with E-state index in [1.165, 1.54) is 11.6 Å². The molecule has 1 aromatic heterocycles. The van der Waals surface area contributed by atoms with Crippen LogP contribution in [0.2, 0.25) is 0 Å². The fraction of sp³-hybridized carbons (Fsp3) is 0.292. The molecule has 0 unspecified atom stereocenters. The maximum Gasteiger partial charge on any atom is 0.291 e. The van der Waals surface area contributed by atoms with Crippen molar-refractivity contribution in [1.82, 2.24) is 4.90 Å². The molecular weight excluding hydrogens is 367 g/mol. The molecule has 0 fully saturated rings. The third kappa shape index (κ3) is 5.55. The van der Waals surface area contributed by atoms with Gasteiger partial charge in [0.25, 0.3) is 5.91 Å². The molecule has 1 heterocycles. The van der Waals surface area contributed by atoms with Gasteiger partial charge in [-0.3, -0.25) is 9.69 Å². The van der Waals surface area contributed by atoms with Crippen molar-refractivity contribution >= 4 is 11.6 Å². The fourth-order valence-corrected chi connectivity index (χ4v) is 3.09. The molecule has 2 aromatic carbocycles. The number of carbonyl (C=O) groups excluding carboxylic acids is 1. The van der Waals surface area contributed by atoms with E-state index in [0.717, 1.165) is 16.8 Å². The molecule has 0 saturated heterocycles. The van der Waals surface area contributed by atoms with E-state index in [1.54, 1.807) is 18.2 Å². The SMILES string of the molecule is Cc1ccc(NC(=O)c2ccc(CN(Cc3cccc(F)c3)C(C)C)o2)cc1C. The normalized spacial score (nSPS) is 11.3. The largest absolute Gasteiger partial charge is 0.455 e. The Balaban J connectivity index is 1.67. The molecule has 0 saturated carbocycles. The Hall–Kier alpha value is -2.92. The zero-order valence-corrected chi connectivity index (χ0v) is 17.3. The van der Waals surface area contributed by atoms with Gasteiger partial charge >= 0.3 is 0 Å². The predicted octanol–water partition coefficient (Wildman–Crippen LogP) is 5.70. The van der Waals surface area contributed by atoms with E-state index >= 15 is 0 Å². The number of nitrogens with zero attached hydrogens (tertiary/aromatic N) is 1. The second-order valence-electron chi connectivity index (χ2n) is 7.65. The van der Waals surface area contributed by atoms with Crippen LogP contribution in [-0.4, -0.2) is 16.8 Å². The highest BCUT2D eigenvalue weighted by Gasteiger charge is 2.16. The van der Waals surface area contributed by atoms with Gasteiger partial charge in [0, 0.05) is 18.3 Å². The smallest absolute Gasteiger partial charge is 0.291 e. The van der Waals surface area contributed by atoms with Gasteiger partial charge in [0.05, 0.1) is 6.54 Å². The summed E-state index contributed by atoms with van der Waals surface area (Å²) in [5, 5.41) is 2.87. The van der Waals surface area contributed by atoms with Gasteiger partial charge in [-0.05, 0) is 80.8 Å². The van der Waals surface area contributed by atoms with Crippen molar-refractivity contribution < 1.29 is 13.6 Å². The van der Waals surface area contributed by atoms with Crippen LogP contribution < -0.4 is 5.32 Å². The Bertz CT molecular complexity index is 994. The van der Waals surface area contributed by atoms with Gasteiger partial charge in [-0.2, -0.15) is 0 Å². The highest BCUT2D eigenvalue weighted by atomic mass is 19.1. The molecule has 0 aliphatic rings. The first kappa shape index (κ1) is 20.8. The Morgan fingerprint density at radius 3 is 2.52 bits per heavy atom. The lowest BCUT2D eigenvalue weighted by molar-refractivity contribution is 0.0991. The van der Waals surface area contributed by atoms with Gasteiger partial charge in [0.2, 0.25) is 0 Å². The van der Waals surface area contributed by atoms with Gasteiger partial charge < -0.3 is 9.73 Å². The molecule has 29 heavy (non-hydrogen) atoms. The number of aryl methyl sites for hydroxylation is 2. The first-order valence-corrected chi connectivity index (χ1v) is 9.77. The molecule has 1 amide bonds. The van der Waals surface area contributed by atoms with E-state index in [1.807, 2.05) is 44.2 Å². The summed E-state index contributed by atoms with van der Waals surface area (Å²) in [6.07, 6.45) is 0. The minimum Gasteiger partial charge on any atom is -0.455 e. The summed E-state index contributed by atoms with van der Waals surface area (Å²) in [6.45, 7) is 9.33. The summed E-state index contributed by atoms with van der Waals surface area (Å²) >= 11 is 0. The summed E-state index contributed by atoms with van der Waals surface area (Å²) < 4.78 is 19.3. The average Bonchev–Trinajstić information content (AvgIpc) is 3.13. The maximum absolute atomic E-state index is 13.5. The fourth-order valence-electron chi connectivity index (χ4n) is 3.09. The quantitative estimate of drug-likeness (QED) is 0.559. The number of amides is 1. The second kappa shape index (κ2) is 9.05. The van der Waals surface area contributed by atoms with Gasteiger partial charge in [-0.15, -0.1) is 0 Å². The van der Waals surface area contributed by atoms with Crippen LogP contribution in [0, 0.1) is 19.7 Å². The van der Waals surface area contributed by atoms with Crippen LogP contribution in [0.25, 0.3) is 0 Å². The van der Waals surface area contributed by atoms with E-state index in [4.69, 9.17) is 4.42 Å². The molecule has 152 valence electrons. The number of benzene rings is 2. The lowest BCUT2D eigenvalue weighted by atomic mass is 10.1. The van der Waals surface area contributed by atoms with Crippen molar-refractivity contribution in [2.24, 2.45) is 0 Å². The van der Waals surface area contributed by atoms with Crippen LogP contribution in [0.3, 0.4) is 0 Å². The summed E-state index contributed by atoms with van der Waals surface area (Å²) in [5.74, 6) is 0.447. The summed E-state index contributed by atoms with van der Waals surface area (Å²) in [6, 6.07) is 16.1. The molecule has 4 nitrogen and oxygen atoms in total. The molecule has 0 aliphatic carbocycles. The third-order valence-electron chi connectivity index (χ3n) is 5.01. The zero-order chi connectivity index (χ0) is 21.0. The van der Waals surface area contributed by atoms with Crippen molar-refractivity contribution in [2.75, 3.05) is 5.32 Å². The number of anilines is 1. The Labute approximate surface area is 171 Å². The van der Waals surface area contributed by atoms with Crippen LogP contribution in [0.4, 0.5) is 10.1 Å². The molecular formula is C24H27FN2O2. The van der Waals surface area contributed by atoms with Gasteiger partial charge in [0.1, 0.15) is 11.6 Å². The standard InChI is InChI=1S/C24H27FN2O2/c1-16(2)27(14-19-6-5-7-20(25)13-19)15-22-10-11-23(29-22)24(28)26-21-9-8-17(3)18(4)12-21/h5-13,16H,14-15H2,1-4H3,(H,26,28). The van der Waals surface area contributed by atoms with Crippen molar-refractivity contribution in [2.45, 2.75) is 46.8 Å². The zero-order valence-electron chi connectivity index (χ0n) is 17.3. The van der Waals surface area contributed by atoms with Crippen LogP contribution in [0.15, 0.2) is 59.0 Å². The van der Waals surface area contributed by atoms with Gasteiger partial charge in [-0.25, -0.2) is 4.39 Å².